The number of aromatic nitrogens is 7. The molecule has 1 atom stereocenters. The van der Waals surface area contributed by atoms with Crippen molar-refractivity contribution in [3.05, 3.63) is 95.0 Å². The van der Waals surface area contributed by atoms with Crippen LogP contribution in [0.2, 0.25) is 0 Å². The van der Waals surface area contributed by atoms with Crippen molar-refractivity contribution >= 4 is 39.0 Å². The fraction of sp³-hybridized carbons (Fsp3) is 0.0714. The van der Waals surface area contributed by atoms with Crippen molar-refractivity contribution in [3.63, 3.8) is 0 Å². The molecule has 0 aliphatic carbocycles. The van der Waals surface area contributed by atoms with E-state index in [1.54, 1.807) is 23.9 Å². The number of pyridine rings is 1. The standard InChI is InChI=1S/C28H18F2N8O2/c1-13(25-20(14-4-2-5-16(29)8-14)24(39)21-17(30)6-3-7-19(21)40-25)38-28-22(26(31)34-12-36-28)23(37-38)15-9-18-27(32-10-15)35-11-33-18/h2-13H,1H3,(H2,31,34,36)(H,32,33,35). The van der Waals surface area contributed by atoms with Crippen LogP contribution in [0.1, 0.15) is 18.7 Å². The maximum Gasteiger partial charge on any atom is 0.203 e. The van der Waals surface area contributed by atoms with Crippen molar-refractivity contribution in [2.24, 2.45) is 0 Å². The van der Waals surface area contributed by atoms with Crippen LogP contribution in [0.3, 0.4) is 0 Å². The minimum Gasteiger partial charge on any atom is -0.458 e. The highest BCUT2D eigenvalue weighted by atomic mass is 19.1. The third kappa shape index (κ3) is 3.53. The molecule has 0 fully saturated rings. The van der Waals surface area contributed by atoms with Gasteiger partial charge in [0, 0.05) is 11.8 Å². The monoisotopic (exact) mass is 536 g/mol. The summed E-state index contributed by atoms with van der Waals surface area (Å²) in [5.41, 5.74) is 8.63. The van der Waals surface area contributed by atoms with E-state index in [1.807, 2.05) is 6.07 Å². The van der Waals surface area contributed by atoms with E-state index in [9.17, 15) is 13.6 Å². The number of hydrogen-bond acceptors (Lipinski definition) is 8. The van der Waals surface area contributed by atoms with Crippen LogP contribution >= 0.6 is 0 Å². The van der Waals surface area contributed by atoms with Gasteiger partial charge in [0.1, 0.15) is 52.2 Å². The van der Waals surface area contributed by atoms with Gasteiger partial charge in [-0.1, -0.05) is 18.2 Å². The number of nitrogen functional groups attached to an aromatic ring is 1. The molecule has 0 spiro atoms. The molecule has 7 aromatic rings. The predicted molar refractivity (Wildman–Crippen MR) is 144 cm³/mol. The molecule has 0 bridgehead atoms. The first-order chi connectivity index (χ1) is 19.4. The second-order valence-electron chi connectivity index (χ2n) is 9.22. The fourth-order valence-electron chi connectivity index (χ4n) is 4.97. The van der Waals surface area contributed by atoms with E-state index in [0.29, 0.717) is 33.5 Å². The molecular formula is C28H18F2N8O2. The van der Waals surface area contributed by atoms with Crippen molar-refractivity contribution in [1.29, 1.82) is 0 Å². The minimum absolute atomic E-state index is 0.0115. The number of hydrogen-bond donors (Lipinski definition) is 2. The van der Waals surface area contributed by atoms with Crippen molar-refractivity contribution in [2.75, 3.05) is 5.73 Å². The number of nitrogens with one attached hydrogen (secondary N) is 1. The molecule has 0 saturated carbocycles. The van der Waals surface area contributed by atoms with Gasteiger partial charge in [0.2, 0.25) is 5.43 Å². The van der Waals surface area contributed by atoms with Crippen LogP contribution in [0, 0.1) is 11.6 Å². The molecule has 12 heteroatoms. The largest absolute Gasteiger partial charge is 0.458 e. The minimum atomic E-state index is -0.770. The molecule has 0 aliphatic heterocycles. The van der Waals surface area contributed by atoms with Gasteiger partial charge in [0.25, 0.3) is 0 Å². The lowest BCUT2D eigenvalue weighted by molar-refractivity contribution is 0.445. The number of anilines is 1. The number of benzene rings is 2. The Morgan fingerprint density at radius 3 is 2.70 bits per heavy atom. The molecule has 196 valence electrons. The maximum absolute atomic E-state index is 14.8. The Bertz CT molecular complexity index is 2170. The lowest BCUT2D eigenvalue weighted by Gasteiger charge is -2.17. The SMILES string of the molecule is CC(c1oc2cccc(F)c2c(=O)c1-c1cccc(F)c1)n1nc(-c2cnc3nc[nH]c3c2)c2c(N)ncnc21. The number of halogens is 2. The summed E-state index contributed by atoms with van der Waals surface area (Å²) in [7, 11) is 0. The summed E-state index contributed by atoms with van der Waals surface area (Å²) in [6.07, 6.45) is 4.46. The number of imidazole rings is 1. The fourth-order valence-corrected chi connectivity index (χ4v) is 4.97. The van der Waals surface area contributed by atoms with Gasteiger partial charge < -0.3 is 15.1 Å². The van der Waals surface area contributed by atoms with Gasteiger partial charge in [-0.25, -0.2) is 33.4 Å². The van der Waals surface area contributed by atoms with Crippen LogP contribution in [-0.4, -0.2) is 34.7 Å². The molecule has 3 N–H and O–H groups in total. The second-order valence-corrected chi connectivity index (χ2v) is 9.22. The maximum atomic E-state index is 14.8. The van der Waals surface area contributed by atoms with Crippen LogP contribution in [-0.2, 0) is 0 Å². The quantitative estimate of drug-likeness (QED) is 0.320. The normalized spacial score (nSPS) is 12.5. The zero-order valence-corrected chi connectivity index (χ0v) is 20.8. The average Bonchev–Trinajstić information content (AvgIpc) is 3.57. The van der Waals surface area contributed by atoms with Gasteiger partial charge in [-0.15, -0.1) is 0 Å². The highest BCUT2D eigenvalue weighted by molar-refractivity contribution is 5.99. The molecule has 5 aromatic heterocycles. The van der Waals surface area contributed by atoms with Crippen molar-refractivity contribution < 1.29 is 13.2 Å². The lowest BCUT2D eigenvalue weighted by Crippen LogP contribution is -2.17. The summed E-state index contributed by atoms with van der Waals surface area (Å²) in [6, 6.07) is 10.7. The summed E-state index contributed by atoms with van der Waals surface area (Å²) in [5, 5.41) is 5.06. The number of fused-ring (bicyclic) bond motifs is 3. The van der Waals surface area contributed by atoms with E-state index in [1.165, 1.54) is 49.1 Å². The third-order valence-corrected chi connectivity index (χ3v) is 6.82. The third-order valence-electron chi connectivity index (χ3n) is 6.82. The first-order valence-electron chi connectivity index (χ1n) is 12.2. The zero-order chi connectivity index (χ0) is 27.5. The Hall–Kier alpha value is -5.52. The Labute approximate surface area is 223 Å². The molecule has 2 aromatic carbocycles. The summed E-state index contributed by atoms with van der Waals surface area (Å²) in [6.45, 7) is 1.75. The molecule has 7 rings (SSSR count). The first kappa shape index (κ1) is 23.6. The molecule has 10 nitrogen and oxygen atoms in total. The molecule has 5 heterocycles. The van der Waals surface area contributed by atoms with E-state index in [-0.39, 0.29) is 33.7 Å². The summed E-state index contributed by atoms with van der Waals surface area (Å²) in [5.74, 6) is -0.963. The van der Waals surface area contributed by atoms with Crippen LogP contribution in [0.4, 0.5) is 14.6 Å². The van der Waals surface area contributed by atoms with E-state index < -0.39 is 23.1 Å². The van der Waals surface area contributed by atoms with E-state index >= 15 is 0 Å². The molecule has 0 radical (unpaired) electrons. The van der Waals surface area contributed by atoms with Gasteiger partial charge >= 0.3 is 0 Å². The summed E-state index contributed by atoms with van der Waals surface area (Å²) >= 11 is 0. The van der Waals surface area contributed by atoms with Gasteiger partial charge in [-0.2, -0.15) is 5.10 Å². The molecule has 0 amide bonds. The Morgan fingerprint density at radius 1 is 1.00 bits per heavy atom. The van der Waals surface area contributed by atoms with E-state index in [4.69, 9.17) is 15.2 Å². The number of H-pyrrole nitrogens is 1. The topological polar surface area (TPSA) is 141 Å². The number of nitrogens with two attached hydrogens (primary N) is 1. The molecule has 1 unspecified atom stereocenters. The van der Waals surface area contributed by atoms with Crippen LogP contribution in [0.15, 0.2) is 76.6 Å². The predicted octanol–water partition coefficient (Wildman–Crippen LogP) is 5.01. The number of nitrogens with zero attached hydrogens (tertiary/aromatic N) is 6. The number of rotatable bonds is 4. The van der Waals surface area contributed by atoms with Crippen LogP contribution < -0.4 is 11.2 Å². The van der Waals surface area contributed by atoms with Crippen LogP contribution in [0.25, 0.3) is 55.6 Å². The highest BCUT2D eigenvalue weighted by Gasteiger charge is 2.28. The van der Waals surface area contributed by atoms with Crippen molar-refractivity contribution in [2.45, 2.75) is 13.0 Å². The van der Waals surface area contributed by atoms with Gasteiger partial charge in [0.05, 0.1) is 22.8 Å². The molecule has 0 aliphatic rings. The van der Waals surface area contributed by atoms with Crippen molar-refractivity contribution in [3.8, 4) is 22.4 Å². The van der Waals surface area contributed by atoms with Crippen molar-refractivity contribution in [1.82, 2.24) is 34.7 Å². The van der Waals surface area contributed by atoms with E-state index in [0.717, 1.165) is 0 Å². The highest BCUT2D eigenvalue weighted by Crippen LogP contribution is 2.36. The Morgan fingerprint density at radius 2 is 1.85 bits per heavy atom. The Balaban J connectivity index is 1.51. The zero-order valence-electron chi connectivity index (χ0n) is 20.8. The number of aromatic amines is 1. The lowest BCUT2D eigenvalue weighted by atomic mass is 9.99. The smallest absolute Gasteiger partial charge is 0.203 e. The first-order valence-corrected chi connectivity index (χ1v) is 12.2. The molecule has 40 heavy (non-hydrogen) atoms. The Kier molecular flexibility index (Phi) is 5.17. The van der Waals surface area contributed by atoms with Gasteiger partial charge in [0.15, 0.2) is 11.3 Å². The second kappa shape index (κ2) is 8.76. The van der Waals surface area contributed by atoms with Gasteiger partial charge in [-0.3, -0.25) is 4.79 Å². The van der Waals surface area contributed by atoms with Crippen LogP contribution in [0.5, 0.6) is 0 Å². The summed E-state index contributed by atoms with van der Waals surface area (Å²) < 4.78 is 36.8. The molecule has 0 saturated heterocycles. The average molecular weight is 537 g/mol. The van der Waals surface area contributed by atoms with Gasteiger partial charge in [-0.05, 0) is 42.8 Å². The van der Waals surface area contributed by atoms with E-state index in [2.05, 4.69) is 24.9 Å². The summed E-state index contributed by atoms with van der Waals surface area (Å²) in [4.78, 5) is 33.9. The molecular weight excluding hydrogens is 518 g/mol.